The maximum absolute atomic E-state index is 12.9. The van der Waals surface area contributed by atoms with Crippen LogP contribution in [-0.4, -0.2) is 46.1 Å². The summed E-state index contributed by atoms with van der Waals surface area (Å²) < 4.78 is 0. The zero-order chi connectivity index (χ0) is 30.6. The van der Waals surface area contributed by atoms with Gasteiger partial charge in [-0.15, -0.1) is 0 Å². The molecule has 4 rings (SSSR count). The second-order valence-corrected chi connectivity index (χ2v) is 13.9. The molecule has 6 nitrogen and oxygen atoms in total. The molecule has 2 aliphatic rings. The maximum Gasteiger partial charge on any atom is 0 e. The quantitative estimate of drug-likeness (QED) is 0.201. The maximum atomic E-state index is 12.9. The van der Waals surface area contributed by atoms with Gasteiger partial charge in [0.05, 0.1) is 23.9 Å². The minimum Gasteiger partial charge on any atom is -0.358 e. The third-order valence-electron chi connectivity index (χ3n) is 6.94. The molecule has 2 amide bonds. The van der Waals surface area contributed by atoms with Crippen LogP contribution in [0.3, 0.4) is 0 Å². The summed E-state index contributed by atoms with van der Waals surface area (Å²) in [4.78, 5) is 48.7. The van der Waals surface area contributed by atoms with Gasteiger partial charge in [-0.2, -0.15) is 0 Å². The van der Waals surface area contributed by atoms with E-state index in [9.17, 15) is 19.2 Å². The van der Waals surface area contributed by atoms with Gasteiger partial charge in [-0.25, -0.2) is 0 Å². The van der Waals surface area contributed by atoms with Gasteiger partial charge in [0.1, 0.15) is 6.04 Å². The Labute approximate surface area is 300 Å². The van der Waals surface area contributed by atoms with E-state index in [1.54, 1.807) is 11.8 Å². The largest absolute Gasteiger partial charge is 0.358 e. The summed E-state index contributed by atoms with van der Waals surface area (Å²) in [5.74, 6) is 0.328. The molecule has 229 valence electrons. The number of likely N-dealkylation sites (tertiary alicyclic amines) is 1. The van der Waals surface area contributed by atoms with Gasteiger partial charge >= 0.3 is 41.3 Å². The minimum absolute atomic E-state index is 0. The average molecular weight is 875 g/mol. The molecule has 2 aromatic rings. The molecule has 2 saturated heterocycles. The predicted octanol–water partition coefficient (Wildman–Crippen LogP) is 3.18. The van der Waals surface area contributed by atoms with Crippen LogP contribution in [0.1, 0.15) is 72.6 Å². The number of hydrogen-bond acceptors (Lipinski definition) is 4. The Hall–Kier alpha value is -0.651. The monoisotopic (exact) mass is 875 g/mol. The van der Waals surface area contributed by atoms with Crippen molar-refractivity contribution >= 4 is 47.7 Å². The van der Waals surface area contributed by atoms with Crippen LogP contribution < -0.4 is 22.3 Å². The van der Waals surface area contributed by atoms with Crippen LogP contribution in [0.15, 0.2) is 60.7 Å². The number of halogens is 2. The number of Topliss-reactive ketones (excluding diaryl/α,β-unsaturated/α-hetero) is 2. The molecule has 0 spiro atoms. The standard InChI is InChI=1S/C21H23NO2.C8H13NO2.C2H6.CH3.BI2.Y/c1-14(2)18-19(15(3)23)22(21(18)24)20(16-10-6-4-7-11-16)17-12-8-5-9-13-17;1-4(2)6-7(5(3)10)9-8(6)11;1-2;;1-3-2;/h4-14,18-20H,1-3H3;4,6-7H,1-3H3,(H,9,11);1-2H3;1H3;;/q;;;2*-1;/t18-,19-;6-,7-;;;;/m11..../s1. The van der Waals surface area contributed by atoms with Crippen molar-refractivity contribution in [1.29, 1.82) is 0 Å². The molecule has 0 bridgehead atoms. The molecule has 10 heteroatoms. The van der Waals surface area contributed by atoms with E-state index >= 15 is 0 Å². The van der Waals surface area contributed by atoms with E-state index in [0.29, 0.717) is 0 Å². The molecule has 1 N–H and O–H groups in total. The average Bonchev–Trinajstić information content (AvgIpc) is 2.90. The molecule has 3 radical (unpaired) electrons. The van der Waals surface area contributed by atoms with E-state index < -0.39 is 0 Å². The SMILES string of the molecule is CC.CC(=O)[C@@H]1[C@@H](C(C)C)C(=O)N1C(c1ccccc1)c1ccccc1.CC(=O)[C@H]1NC(=O)[C@@H]1C(C)C.[B][I-]I.[CH3-].[Y]. The first-order chi connectivity index (χ1) is 19.0. The van der Waals surface area contributed by atoms with Crippen LogP contribution in [0.2, 0.25) is 0 Å². The van der Waals surface area contributed by atoms with Crippen LogP contribution in [0.25, 0.3) is 0 Å². The second kappa shape index (κ2) is 22.0. The van der Waals surface area contributed by atoms with Gasteiger partial charge in [0.2, 0.25) is 11.8 Å². The second-order valence-electron chi connectivity index (χ2n) is 10.2. The van der Waals surface area contributed by atoms with Crippen LogP contribution >= 0.6 is 18.6 Å². The van der Waals surface area contributed by atoms with Crippen molar-refractivity contribution in [1.82, 2.24) is 10.2 Å². The Bertz CT molecular complexity index is 1070. The first-order valence-corrected chi connectivity index (χ1v) is 21.2. The van der Waals surface area contributed by atoms with Gasteiger partial charge in [0, 0.05) is 32.7 Å². The van der Waals surface area contributed by atoms with Gasteiger partial charge in [-0.05, 0) is 36.8 Å². The van der Waals surface area contributed by atoms with Crippen LogP contribution in [0, 0.1) is 31.1 Å². The first-order valence-electron chi connectivity index (χ1n) is 13.7. The number of rotatable bonds is 7. The molecule has 0 saturated carbocycles. The number of carbonyl (C=O) groups excluding carboxylic acids is 4. The normalized spacial score (nSPS) is 20.0. The summed E-state index contributed by atoms with van der Waals surface area (Å²) in [6.07, 6.45) is 0. The molecule has 0 aliphatic carbocycles. The molecule has 2 aromatic carbocycles. The number of amides is 2. The van der Waals surface area contributed by atoms with Gasteiger partial charge in [0.15, 0.2) is 11.6 Å². The molecule has 0 unspecified atom stereocenters. The molecule has 0 aromatic heterocycles. The molecule has 4 atom stereocenters. The number of ketones is 2. The van der Waals surface area contributed by atoms with Crippen molar-refractivity contribution in [2.24, 2.45) is 23.7 Å². The summed E-state index contributed by atoms with van der Waals surface area (Å²) in [7, 11) is 0. The summed E-state index contributed by atoms with van der Waals surface area (Å²) in [6, 6.07) is 19.1. The fraction of sp³-hybridized carbons (Fsp3) is 0.469. The summed E-state index contributed by atoms with van der Waals surface area (Å²) in [6.45, 7) is 15.0. The molecular weight excluding hydrogens is 830 g/mol. The van der Waals surface area contributed by atoms with E-state index in [4.69, 9.17) is 5.70 Å². The molecule has 2 heterocycles. The summed E-state index contributed by atoms with van der Waals surface area (Å²) >= 11 is 2.24. The smallest absolute Gasteiger partial charge is 0 e. The molecule has 2 aliphatic heterocycles. The van der Waals surface area contributed by atoms with Crippen LogP contribution in [-0.2, 0) is 51.9 Å². The zero-order valence-electron chi connectivity index (χ0n) is 26.3. The van der Waals surface area contributed by atoms with Crippen molar-refractivity contribution in [2.45, 2.75) is 73.5 Å². The Kier molecular flexibility index (Phi) is 22.7. The number of β-lactam (4-membered cyclic amide) rings is 2. The molecule has 42 heavy (non-hydrogen) atoms. The number of benzene rings is 2. The third kappa shape index (κ3) is 11.4. The van der Waals surface area contributed by atoms with Crippen LogP contribution in [0.4, 0.5) is 0 Å². The minimum atomic E-state index is -0.345. The fourth-order valence-electron chi connectivity index (χ4n) is 5.14. The topological polar surface area (TPSA) is 83.6 Å². The molecule has 2 fully saturated rings. The Morgan fingerprint density at radius 3 is 1.48 bits per heavy atom. The summed E-state index contributed by atoms with van der Waals surface area (Å²) in [5.41, 5.74) is 7.01. The van der Waals surface area contributed by atoms with E-state index in [-0.39, 0.29) is 122 Å². The van der Waals surface area contributed by atoms with Gasteiger partial charge < -0.3 is 17.6 Å². The van der Waals surface area contributed by atoms with E-state index in [1.165, 1.54) is 6.92 Å². The van der Waals surface area contributed by atoms with Crippen molar-refractivity contribution in [3.05, 3.63) is 79.2 Å². The number of nitrogens with one attached hydrogen (secondary N) is 1. The third-order valence-corrected chi connectivity index (χ3v) is 6.94. The molecular formula is C32H45BI2N2O4Y-2. The first kappa shape index (κ1) is 43.5. The Morgan fingerprint density at radius 2 is 1.21 bits per heavy atom. The van der Waals surface area contributed by atoms with Crippen molar-refractivity contribution in [2.75, 3.05) is 0 Å². The fourth-order valence-corrected chi connectivity index (χ4v) is 5.14. The van der Waals surface area contributed by atoms with Crippen molar-refractivity contribution in [3.8, 4) is 0 Å². The van der Waals surface area contributed by atoms with Gasteiger partial charge in [-0.1, -0.05) is 102 Å². The van der Waals surface area contributed by atoms with Crippen LogP contribution in [0.5, 0.6) is 0 Å². The Morgan fingerprint density at radius 1 is 0.833 bits per heavy atom. The number of nitrogens with zero attached hydrogens (tertiary/aromatic N) is 1. The van der Waals surface area contributed by atoms with E-state index in [1.807, 2.05) is 102 Å². The predicted molar refractivity (Wildman–Crippen MR) is 173 cm³/mol. The van der Waals surface area contributed by atoms with E-state index in [0.717, 1.165) is 11.1 Å². The van der Waals surface area contributed by atoms with Crippen molar-refractivity contribution in [3.63, 3.8) is 0 Å². The van der Waals surface area contributed by atoms with Gasteiger partial charge in [-0.3, -0.25) is 19.2 Å². The number of carbonyl (C=O) groups is 4. The van der Waals surface area contributed by atoms with E-state index in [2.05, 4.69) is 23.9 Å². The number of hydrogen-bond donors (Lipinski definition) is 1. The Balaban J connectivity index is 0. The zero-order valence-corrected chi connectivity index (χ0v) is 33.5. The van der Waals surface area contributed by atoms with Crippen molar-refractivity contribution < 1.29 is 68.9 Å². The van der Waals surface area contributed by atoms with Gasteiger partial charge in [0.25, 0.3) is 0 Å². The summed E-state index contributed by atoms with van der Waals surface area (Å²) in [5, 5.41) is 2.59.